The first-order valence-electron chi connectivity index (χ1n) is 6.71. The van der Waals surface area contributed by atoms with Crippen LogP contribution in [0.4, 0.5) is 10.1 Å². The van der Waals surface area contributed by atoms with E-state index in [9.17, 15) is 4.39 Å². The van der Waals surface area contributed by atoms with Crippen LogP contribution in [0.5, 0.6) is 5.75 Å². The van der Waals surface area contributed by atoms with Crippen molar-refractivity contribution in [3.8, 4) is 5.75 Å². The van der Waals surface area contributed by atoms with Crippen molar-refractivity contribution in [3.05, 3.63) is 57.3 Å². The van der Waals surface area contributed by atoms with Gasteiger partial charge in [-0.25, -0.2) is 4.39 Å². The number of anilines is 1. The van der Waals surface area contributed by atoms with Gasteiger partial charge in [0.25, 0.3) is 0 Å². The topological polar surface area (TPSA) is 21.3 Å². The molecule has 1 heterocycles. The van der Waals surface area contributed by atoms with Gasteiger partial charge >= 0.3 is 0 Å². The minimum Gasteiger partial charge on any atom is -0.493 e. The molecule has 1 aliphatic heterocycles. The average Bonchev–Trinajstić information content (AvgIpc) is 2.91. The Hall–Kier alpha value is -1.45. The minimum absolute atomic E-state index is 0.0135. The largest absolute Gasteiger partial charge is 0.493 e. The molecule has 0 aromatic heterocycles. The second-order valence-corrected chi connectivity index (χ2v) is 5.90. The van der Waals surface area contributed by atoms with Crippen LogP contribution in [-0.4, -0.2) is 6.61 Å². The van der Waals surface area contributed by atoms with Crippen LogP contribution < -0.4 is 10.1 Å². The van der Waals surface area contributed by atoms with Gasteiger partial charge in [-0.3, -0.25) is 0 Å². The fraction of sp³-hybridized carbons (Fsp3) is 0.250. The number of benzene rings is 2. The molecule has 21 heavy (non-hydrogen) atoms. The average molecular weight is 326 g/mol. The van der Waals surface area contributed by atoms with Gasteiger partial charge < -0.3 is 10.1 Å². The summed E-state index contributed by atoms with van der Waals surface area (Å²) in [6.07, 6.45) is 0.935. The van der Waals surface area contributed by atoms with Crippen molar-refractivity contribution in [2.45, 2.75) is 19.4 Å². The predicted molar refractivity (Wildman–Crippen MR) is 84.1 cm³/mol. The molecule has 0 aliphatic carbocycles. The van der Waals surface area contributed by atoms with Gasteiger partial charge in [0.05, 0.1) is 16.7 Å². The maximum atomic E-state index is 13.4. The molecule has 5 heteroatoms. The molecule has 2 aromatic carbocycles. The van der Waals surface area contributed by atoms with Gasteiger partial charge in [-0.05, 0) is 42.3 Å². The minimum atomic E-state index is -0.591. The van der Waals surface area contributed by atoms with E-state index in [0.717, 1.165) is 24.3 Å². The molecule has 0 fully saturated rings. The zero-order valence-electron chi connectivity index (χ0n) is 11.4. The maximum absolute atomic E-state index is 13.4. The lowest BCUT2D eigenvalue weighted by Gasteiger charge is -2.17. The molecule has 0 amide bonds. The van der Waals surface area contributed by atoms with Crippen LogP contribution in [0.25, 0.3) is 0 Å². The van der Waals surface area contributed by atoms with Crippen molar-refractivity contribution in [3.63, 3.8) is 0 Å². The Morgan fingerprint density at radius 3 is 2.62 bits per heavy atom. The van der Waals surface area contributed by atoms with Gasteiger partial charge in [-0.2, -0.15) is 0 Å². The lowest BCUT2D eigenvalue weighted by atomic mass is 10.0. The first-order chi connectivity index (χ1) is 10.0. The third-order valence-electron chi connectivity index (χ3n) is 3.58. The van der Waals surface area contributed by atoms with Crippen LogP contribution in [0, 0.1) is 5.82 Å². The molecule has 0 bridgehead atoms. The number of nitrogens with one attached hydrogen (secondary N) is 1. The van der Waals surface area contributed by atoms with Gasteiger partial charge in [0.15, 0.2) is 5.82 Å². The number of ether oxygens (including phenoxy) is 1. The molecule has 2 nitrogen and oxygen atoms in total. The van der Waals surface area contributed by atoms with E-state index < -0.39 is 5.82 Å². The van der Waals surface area contributed by atoms with Crippen LogP contribution in [-0.2, 0) is 6.42 Å². The van der Waals surface area contributed by atoms with E-state index in [2.05, 4.69) is 11.4 Å². The smallest absolute Gasteiger partial charge is 0.160 e. The third-order valence-corrected chi connectivity index (χ3v) is 4.13. The molecule has 1 atom stereocenters. The Balaban J connectivity index is 1.81. The Kier molecular flexibility index (Phi) is 3.96. The van der Waals surface area contributed by atoms with Gasteiger partial charge in [0.1, 0.15) is 5.75 Å². The zero-order chi connectivity index (χ0) is 15.0. The van der Waals surface area contributed by atoms with E-state index in [1.165, 1.54) is 17.7 Å². The monoisotopic (exact) mass is 325 g/mol. The second kappa shape index (κ2) is 5.74. The van der Waals surface area contributed by atoms with Gasteiger partial charge in [0.2, 0.25) is 0 Å². The molecule has 0 saturated heterocycles. The highest BCUT2D eigenvalue weighted by molar-refractivity contribution is 6.35. The molecule has 2 aromatic rings. The lowest BCUT2D eigenvalue weighted by Crippen LogP contribution is -2.07. The molecular formula is C16H14Cl2FNO. The fourth-order valence-corrected chi connectivity index (χ4v) is 2.94. The lowest BCUT2D eigenvalue weighted by molar-refractivity contribution is 0.357. The van der Waals surface area contributed by atoms with Crippen LogP contribution in [0.2, 0.25) is 10.0 Å². The van der Waals surface area contributed by atoms with Gasteiger partial charge in [-0.15, -0.1) is 0 Å². The van der Waals surface area contributed by atoms with Crippen LogP contribution in [0.1, 0.15) is 24.1 Å². The van der Waals surface area contributed by atoms with Crippen molar-refractivity contribution >= 4 is 28.9 Å². The van der Waals surface area contributed by atoms with Gasteiger partial charge in [0, 0.05) is 18.2 Å². The first kappa shape index (κ1) is 14.5. The maximum Gasteiger partial charge on any atom is 0.160 e. The zero-order valence-corrected chi connectivity index (χ0v) is 12.9. The summed E-state index contributed by atoms with van der Waals surface area (Å²) in [5.41, 5.74) is 3.04. The molecule has 1 aliphatic rings. The van der Waals surface area contributed by atoms with E-state index >= 15 is 0 Å². The highest BCUT2D eigenvalue weighted by atomic mass is 35.5. The number of hydrogen-bond donors (Lipinski definition) is 1. The quantitative estimate of drug-likeness (QED) is 0.779. The molecule has 0 saturated carbocycles. The summed E-state index contributed by atoms with van der Waals surface area (Å²) < 4.78 is 18.9. The van der Waals surface area contributed by atoms with Crippen LogP contribution in [0.15, 0.2) is 30.3 Å². The molecule has 110 valence electrons. The molecule has 0 radical (unpaired) electrons. The Morgan fingerprint density at radius 1 is 1.19 bits per heavy atom. The summed E-state index contributed by atoms with van der Waals surface area (Å²) >= 11 is 11.6. The highest BCUT2D eigenvalue weighted by Gasteiger charge is 2.15. The van der Waals surface area contributed by atoms with Crippen molar-refractivity contribution in [2.24, 2.45) is 0 Å². The Morgan fingerprint density at radius 2 is 1.90 bits per heavy atom. The van der Waals surface area contributed by atoms with E-state index in [4.69, 9.17) is 27.9 Å². The number of rotatable bonds is 3. The highest BCUT2D eigenvalue weighted by Crippen LogP contribution is 2.32. The second-order valence-electron chi connectivity index (χ2n) is 5.09. The van der Waals surface area contributed by atoms with Crippen LogP contribution >= 0.6 is 23.2 Å². The molecule has 0 spiro atoms. The normalized spacial score (nSPS) is 14.5. The summed E-state index contributed by atoms with van der Waals surface area (Å²) in [6.45, 7) is 2.77. The molecule has 1 unspecified atom stereocenters. The number of hydrogen-bond acceptors (Lipinski definition) is 2. The summed E-state index contributed by atoms with van der Waals surface area (Å²) in [4.78, 5) is 0. The summed E-state index contributed by atoms with van der Waals surface area (Å²) in [5, 5.41) is 3.31. The molecule has 1 N–H and O–H groups in total. The number of fused-ring (bicyclic) bond motifs is 1. The summed E-state index contributed by atoms with van der Waals surface area (Å²) in [6, 6.07) is 9.27. The summed E-state index contributed by atoms with van der Waals surface area (Å²) in [7, 11) is 0. The van der Waals surface area contributed by atoms with E-state index in [-0.39, 0.29) is 16.1 Å². The van der Waals surface area contributed by atoms with Crippen molar-refractivity contribution in [1.82, 2.24) is 0 Å². The van der Waals surface area contributed by atoms with Crippen molar-refractivity contribution in [1.29, 1.82) is 0 Å². The van der Waals surface area contributed by atoms with Gasteiger partial charge in [-0.1, -0.05) is 29.3 Å². The van der Waals surface area contributed by atoms with E-state index in [1.54, 1.807) is 0 Å². The SMILES string of the molecule is CC(Nc1cc(Cl)c(F)c(Cl)c1)c1ccc2c(c1)CCO2. The van der Waals surface area contributed by atoms with E-state index in [1.807, 2.05) is 19.1 Å². The summed E-state index contributed by atoms with van der Waals surface area (Å²) in [5.74, 6) is 0.366. The predicted octanol–water partition coefficient (Wildman–Crippen LogP) is 5.24. The third kappa shape index (κ3) is 2.94. The standard InChI is InChI=1S/C16H14Cl2FNO/c1-9(10-2-3-15-11(6-10)4-5-21-15)20-12-7-13(17)16(19)14(18)8-12/h2-3,6-9,20H,4-5H2,1H3. The molecular weight excluding hydrogens is 312 g/mol. The van der Waals surface area contributed by atoms with Crippen molar-refractivity contribution < 1.29 is 9.13 Å². The first-order valence-corrected chi connectivity index (χ1v) is 7.47. The molecule has 3 rings (SSSR count). The Labute approximate surface area is 132 Å². The van der Waals surface area contributed by atoms with E-state index in [0.29, 0.717) is 5.69 Å². The van der Waals surface area contributed by atoms with Crippen LogP contribution in [0.3, 0.4) is 0 Å². The Bertz CT molecular complexity index is 667. The number of halogens is 3. The fourth-order valence-electron chi connectivity index (χ4n) is 2.45. The van der Waals surface area contributed by atoms with Crippen molar-refractivity contribution in [2.75, 3.05) is 11.9 Å².